The molecular formula is C25H22ClNO5. The molecule has 7 heteroatoms. The van der Waals surface area contributed by atoms with Gasteiger partial charge in [0.25, 0.3) is 11.7 Å². The molecule has 2 aromatic carbocycles. The summed E-state index contributed by atoms with van der Waals surface area (Å²) < 4.78 is 11.4. The second kappa shape index (κ2) is 8.93. The molecule has 1 unspecified atom stereocenters. The Labute approximate surface area is 190 Å². The number of nitrogens with zero attached hydrogens (tertiary/aromatic N) is 1. The first-order chi connectivity index (χ1) is 15.4. The van der Waals surface area contributed by atoms with Crippen molar-refractivity contribution < 1.29 is 23.8 Å². The molecule has 1 atom stereocenters. The summed E-state index contributed by atoms with van der Waals surface area (Å²) >= 11 is 6.00. The van der Waals surface area contributed by atoms with Gasteiger partial charge < -0.3 is 14.3 Å². The molecule has 164 valence electrons. The second-order valence-electron chi connectivity index (χ2n) is 7.47. The van der Waals surface area contributed by atoms with E-state index in [0.29, 0.717) is 40.2 Å². The maximum absolute atomic E-state index is 13.1. The Balaban J connectivity index is 1.86. The summed E-state index contributed by atoms with van der Waals surface area (Å²) in [6.45, 7) is 4.29. The number of aliphatic hydroxyl groups excluding tert-OH is 1. The van der Waals surface area contributed by atoms with Crippen molar-refractivity contribution >= 4 is 34.7 Å². The van der Waals surface area contributed by atoms with Crippen LogP contribution < -0.4 is 9.64 Å². The predicted octanol–water partition coefficient (Wildman–Crippen LogP) is 5.66. The lowest BCUT2D eigenvalue weighted by Crippen LogP contribution is -2.29. The summed E-state index contributed by atoms with van der Waals surface area (Å²) in [4.78, 5) is 27.5. The van der Waals surface area contributed by atoms with Gasteiger partial charge in [0.1, 0.15) is 29.1 Å². The van der Waals surface area contributed by atoms with E-state index in [1.54, 1.807) is 67.6 Å². The van der Waals surface area contributed by atoms with Crippen LogP contribution in [0.4, 0.5) is 5.69 Å². The zero-order valence-electron chi connectivity index (χ0n) is 17.7. The van der Waals surface area contributed by atoms with Crippen molar-refractivity contribution in [3.05, 3.63) is 88.3 Å². The van der Waals surface area contributed by atoms with Crippen LogP contribution in [0.1, 0.15) is 36.5 Å². The largest absolute Gasteiger partial charge is 0.507 e. The van der Waals surface area contributed by atoms with E-state index in [0.717, 1.165) is 6.42 Å². The first kappa shape index (κ1) is 21.7. The molecule has 1 aliphatic heterocycles. The third kappa shape index (κ3) is 4.01. The molecule has 4 rings (SSSR count). The quantitative estimate of drug-likeness (QED) is 0.297. The number of rotatable bonds is 6. The summed E-state index contributed by atoms with van der Waals surface area (Å²) in [5.41, 5.74) is 0.794. The van der Waals surface area contributed by atoms with Gasteiger partial charge in [0.05, 0.1) is 12.2 Å². The number of aliphatic hydroxyl groups is 1. The normalized spacial score (nSPS) is 17.7. The van der Waals surface area contributed by atoms with E-state index in [2.05, 4.69) is 0 Å². The minimum atomic E-state index is -0.926. The highest BCUT2D eigenvalue weighted by atomic mass is 35.5. The SMILES string of the molecule is CCCOc1cccc(/C(O)=C2/C(=O)C(=O)N(c3ccc(Cl)cc3)C2c2ccc(C)o2)c1. The molecule has 1 amide bonds. The number of halogens is 1. The van der Waals surface area contributed by atoms with Gasteiger partial charge in [0.15, 0.2) is 0 Å². The van der Waals surface area contributed by atoms with Crippen LogP contribution in [0, 0.1) is 6.92 Å². The van der Waals surface area contributed by atoms with Gasteiger partial charge in [-0.2, -0.15) is 0 Å². The van der Waals surface area contributed by atoms with Gasteiger partial charge in [-0.3, -0.25) is 14.5 Å². The highest BCUT2D eigenvalue weighted by Crippen LogP contribution is 2.43. The van der Waals surface area contributed by atoms with Crippen LogP contribution in [0.2, 0.25) is 5.02 Å². The minimum Gasteiger partial charge on any atom is -0.507 e. The number of carbonyl (C=O) groups excluding carboxylic acids is 2. The summed E-state index contributed by atoms with van der Waals surface area (Å²) in [7, 11) is 0. The fourth-order valence-corrected chi connectivity index (χ4v) is 3.80. The molecule has 32 heavy (non-hydrogen) atoms. The topological polar surface area (TPSA) is 80.0 Å². The van der Waals surface area contributed by atoms with Crippen molar-refractivity contribution in [2.24, 2.45) is 0 Å². The molecular weight excluding hydrogens is 430 g/mol. The number of amides is 1. The molecule has 0 saturated carbocycles. The third-order valence-electron chi connectivity index (χ3n) is 5.16. The Morgan fingerprint density at radius 3 is 2.53 bits per heavy atom. The zero-order chi connectivity index (χ0) is 22.8. The predicted molar refractivity (Wildman–Crippen MR) is 122 cm³/mol. The number of benzene rings is 2. The van der Waals surface area contributed by atoms with Crippen LogP contribution in [0.3, 0.4) is 0 Å². The molecule has 1 aliphatic rings. The van der Waals surface area contributed by atoms with Crippen LogP contribution in [0.25, 0.3) is 5.76 Å². The Hall–Kier alpha value is -3.51. The van der Waals surface area contributed by atoms with Crippen molar-refractivity contribution in [3.8, 4) is 5.75 Å². The molecule has 6 nitrogen and oxygen atoms in total. The van der Waals surface area contributed by atoms with Crippen LogP contribution >= 0.6 is 11.6 Å². The second-order valence-corrected chi connectivity index (χ2v) is 7.91. The summed E-state index contributed by atoms with van der Waals surface area (Å²) in [5.74, 6) is -0.287. The Morgan fingerprint density at radius 2 is 1.88 bits per heavy atom. The highest BCUT2D eigenvalue weighted by Gasteiger charge is 2.48. The number of aryl methyl sites for hydroxylation is 1. The minimum absolute atomic E-state index is 0.0491. The van der Waals surface area contributed by atoms with E-state index >= 15 is 0 Å². The maximum Gasteiger partial charge on any atom is 0.300 e. The van der Waals surface area contributed by atoms with E-state index < -0.39 is 17.7 Å². The van der Waals surface area contributed by atoms with Crippen LogP contribution in [0.15, 0.2) is 70.7 Å². The fourth-order valence-electron chi connectivity index (χ4n) is 3.68. The number of hydrogen-bond donors (Lipinski definition) is 1. The van der Waals surface area contributed by atoms with E-state index in [1.807, 2.05) is 6.92 Å². The first-order valence-corrected chi connectivity index (χ1v) is 10.6. The Bertz CT molecular complexity index is 1200. The average molecular weight is 452 g/mol. The molecule has 1 fully saturated rings. The molecule has 1 saturated heterocycles. The smallest absolute Gasteiger partial charge is 0.300 e. The average Bonchev–Trinajstić information content (AvgIpc) is 3.33. The number of anilines is 1. The van der Waals surface area contributed by atoms with Gasteiger partial charge in [-0.15, -0.1) is 0 Å². The van der Waals surface area contributed by atoms with Crippen molar-refractivity contribution in [1.82, 2.24) is 0 Å². The number of Topliss-reactive ketones (excluding diaryl/α,β-unsaturated/α-hetero) is 1. The molecule has 1 aromatic heterocycles. The fraction of sp³-hybridized carbons (Fsp3) is 0.200. The van der Waals surface area contributed by atoms with Gasteiger partial charge >= 0.3 is 0 Å². The monoisotopic (exact) mass is 451 g/mol. The van der Waals surface area contributed by atoms with Crippen molar-refractivity contribution in [3.63, 3.8) is 0 Å². The van der Waals surface area contributed by atoms with Gasteiger partial charge in [0.2, 0.25) is 0 Å². The lowest BCUT2D eigenvalue weighted by Gasteiger charge is -2.23. The van der Waals surface area contributed by atoms with Crippen LogP contribution in [0.5, 0.6) is 5.75 Å². The van der Waals surface area contributed by atoms with Gasteiger partial charge in [0, 0.05) is 16.3 Å². The summed E-state index contributed by atoms with van der Waals surface area (Å²) in [5, 5.41) is 11.7. The molecule has 0 bridgehead atoms. The van der Waals surface area contributed by atoms with E-state index in [4.69, 9.17) is 20.8 Å². The van der Waals surface area contributed by atoms with E-state index in [-0.39, 0.29) is 11.3 Å². The molecule has 0 spiro atoms. The van der Waals surface area contributed by atoms with Crippen LogP contribution in [-0.2, 0) is 9.59 Å². The molecule has 2 heterocycles. The van der Waals surface area contributed by atoms with Gasteiger partial charge in [-0.05, 0) is 61.9 Å². The Kier molecular flexibility index (Phi) is 6.06. The maximum atomic E-state index is 13.1. The van der Waals surface area contributed by atoms with Gasteiger partial charge in [-0.25, -0.2) is 0 Å². The lowest BCUT2D eigenvalue weighted by atomic mass is 9.99. The van der Waals surface area contributed by atoms with E-state index in [1.165, 1.54) is 4.90 Å². The zero-order valence-corrected chi connectivity index (χ0v) is 18.4. The summed E-state index contributed by atoms with van der Waals surface area (Å²) in [6.07, 6.45) is 0.834. The molecule has 1 N–H and O–H groups in total. The van der Waals surface area contributed by atoms with Crippen molar-refractivity contribution in [1.29, 1.82) is 0 Å². The van der Waals surface area contributed by atoms with Crippen molar-refractivity contribution in [2.45, 2.75) is 26.3 Å². The van der Waals surface area contributed by atoms with Crippen molar-refractivity contribution in [2.75, 3.05) is 11.5 Å². The number of ketones is 1. The van der Waals surface area contributed by atoms with Crippen LogP contribution in [-0.4, -0.2) is 23.4 Å². The third-order valence-corrected chi connectivity index (χ3v) is 5.41. The summed E-state index contributed by atoms with van der Waals surface area (Å²) in [6, 6.07) is 15.9. The number of ether oxygens (including phenoxy) is 1. The molecule has 3 aromatic rings. The van der Waals surface area contributed by atoms with Gasteiger partial charge in [-0.1, -0.05) is 30.7 Å². The number of hydrogen-bond acceptors (Lipinski definition) is 5. The Morgan fingerprint density at radius 1 is 1.12 bits per heavy atom. The molecule has 0 aliphatic carbocycles. The number of carbonyl (C=O) groups is 2. The highest BCUT2D eigenvalue weighted by molar-refractivity contribution is 6.51. The van der Waals surface area contributed by atoms with E-state index in [9.17, 15) is 14.7 Å². The number of furan rings is 1. The standard InChI is InChI=1S/C25H22ClNO5/c1-3-13-31-19-6-4-5-16(14-19)23(28)21-22(20-12-7-15(2)32-20)27(25(30)24(21)29)18-10-8-17(26)9-11-18/h4-12,14,22,28H,3,13H2,1-2H3/b23-21-. The molecule has 0 radical (unpaired) electrons. The first-order valence-electron chi connectivity index (χ1n) is 10.3. The lowest BCUT2D eigenvalue weighted by molar-refractivity contribution is -0.132.